The van der Waals surface area contributed by atoms with E-state index in [9.17, 15) is 9.59 Å². The molecule has 0 atom stereocenters. The fraction of sp³-hybridized carbons (Fsp3) is 0.467. The molecule has 0 saturated carbocycles. The van der Waals surface area contributed by atoms with Gasteiger partial charge in [-0.15, -0.1) is 0 Å². The summed E-state index contributed by atoms with van der Waals surface area (Å²) in [5.41, 5.74) is 1.48. The Morgan fingerprint density at radius 3 is 2.10 bits per heavy atom. The standard InChI is InChI=1S/C15H21N3O2/c1-12(19)16-13-5-7-14(8-6-13)17-15(20)11-18-9-3-2-4-10-18/h5-8H,2-4,9-11H2,1H3,(H,16,19)(H,17,20). The van der Waals surface area contributed by atoms with E-state index in [4.69, 9.17) is 0 Å². The van der Waals surface area contributed by atoms with E-state index in [1.807, 2.05) is 0 Å². The van der Waals surface area contributed by atoms with Gasteiger partial charge < -0.3 is 10.6 Å². The predicted molar refractivity (Wildman–Crippen MR) is 79.7 cm³/mol. The van der Waals surface area contributed by atoms with Crippen LogP contribution in [-0.4, -0.2) is 36.3 Å². The van der Waals surface area contributed by atoms with Crippen molar-refractivity contribution in [2.45, 2.75) is 26.2 Å². The van der Waals surface area contributed by atoms with Crippen molar-refractivity contribution < 1.29 is 9.59 Å². The van der Waals surface area contributed by atoms with Crippen LogP contribution in [0.2, 0.25) is 0 Å². The molecule has 0 unspecified atom stereocenters. The van der Waals surface area contributed by atoms with Gasteiger partial charge in [0.25, 0.3) is 0 Å². The van der Waals surface area contributed by atoms with E-state index in [1.165, 1.54) is 26.2 Å². The Labute approximate surface area is 119 Å². The highest BCUT2D eigenvalue weighted by Crippen LogP contribution is 2.14. The van der Waals surface area contributed by atoms with Crippen LogP contribution >= 0.6 is 0 Å². The summed E-state index contributed by atoms with van der Waals surface area (Å²) in [5.74, 6) is -0.0916. The maximum Gasteiger partial charge on any atom is 0.238 e. The molecule has 5 heteroatoms. The van der Waals surface area contributed by atoms with E-state index in [1.54, 1.807) is 24.3 Å². The Bertz CT molecular complexity index is 465. The van der Waals surface area contributed by atoms with Crippen LogP contribution < -0.4 is 10.6 Å². The van der Waals surface area contributed by atoms with Crippen LogP contribution in [0.4, 0.5) is 11.4 Å². The molecule has 1 saturated heterocycles. The highest BCUT2D eigenvalue weighted by atomic mass is 16.2. The van der Waals surface area contributed by atoms with Crippen molar-refractivity contribution in [3.63, 3.8) is 0 Å². The summed E-state index contributed by atoms with van der Waals surface area (Å²) in [5, 5.41) is 5.57. The molecule has 0 spiro atoms. The van der Waals surface area contributed by atoms with Crippen LogP contribution in [-0.2, 0) is 9.59 Å². The molecule has 0 aliphatic carbocycles. The minimum absolute atomic E-state index is 0.0131. The molecule has 0 aromatic heterocycles. The zero-order chi connectivity index (χ0) is 14.4. The first-order chi connectivity index (χ1) is 9.63. The quantitative estimate of drug-likeness (QED) is 0.884. The first-order valence-electron chi connectivity index (χ1n) is 7.03. The molecule has 2 rings (SSSR count). The van der Waals surface area contributed by atoms with E-state index in [0.717, 1.165) is 24.5 Å². The average Bonchev–Trinajstić information content (AvgIpc) is 2.41. The fourth-order valence-corrected chi connectivity index (χ4v) is 2.36. The van der Waals surface area contributed by atoms with Gasteiger partial charge in [0.05, 0.1) is 6.54 Å². The highest BCUT2D eigenvalue weighted by Gasteiger charge is 2.13. The zero-order valence-electron chi connectivity index (χ0n) is 11.8. The summed E-state index contributed by atoms with van der Waals surface area (Å²) < 4.78 is 0. The molecule has 0 bridgehead atoms. The number of hydrogen-bond acceptors (Lipinski definition) is 3. The topological polar surface area (TPSA) is 61.4 Å². The van der Waals surface area contributed by atoms with Crippen LogP contribution in [0.5, 0.6) is 0 Å². The number of carbonyl (C=O) groups is 2. The van der Waals surface area contributed by atoms with Gasteiger partial charge in [-0.25, -0.2) is 0 Å². The van der Waals surface area contributed by atoms with Crippen molar-refractivity contribution in [1.29, 1.82) is 0 Å². The summed E-state index contributed by atoms with van der Waals surface area (Å²) >= 11 is 0. The Morgan fingerprint density at radius 2 is 1.55 bits per heavy atom. The Kier molecular flexibility index (Phi) is 5.12. The van der Waals surface area contributed by atoms with Crippen LogP contribution in [0.25, 0.3) is 0 Å². The fourth-order valence-electron chi connectivity index (χ4n) is 2.36. The van der Waals surface area contributed by atoms with Gasteiger partial charge in [-0.1, -0.05) is 6.42 Å². The van der Waals surface area contributed by atoms with E-state index >= 15 is 0 Å². The number of carbonyl (C=O) groups excluding carboxylic acids is 2. The summed E-state index contributed by atoms with van der Waals surface area (Å²) in [6.45, 7) is 3.94. The van der Waals surface area contributed by atoms with E-state index in [2.05, 4.69) is 15.5 Å². The van der Waals surface area contributed by atoms with Gasteiger partial charge in [-0.3, -0.25) is 14.5 Å². The molecule has 2 amide bonds. The molecule has 2 N–H and O–H groups in total. The molecule has 1 heterocycles. The maximum absolute atomic E-state index is 11.9. The molecule has 108 valence electrons. The lowest BCUT2D eigenvalue weighted by Gasteiger charge is -2.25. The summed E-state index contributed by atoms with van der Waals surface area (Å²) in [4.78, 5) is 25.0. The molecule has 5 nitrogen and oxygen atoms in total. The molecule has 20 heavy (non-hydrogen) atoms. The Hall–Kier alpha value is -1.88. The van der Waals surface area contributed by atoms with Gasteiger partial charge >= 0.3 is 0 Å². The van der Waals surface area contributed by atoms with Crippen molar-refractivity contribution in [2.75, 3.05) is 30.3 Å². The third-order valence-corrected chi connectivity index (χ3v) is 3.30. The number of nitrogens with zero attached hydrogens (tertiary/aromatic N) is 1. The lowest BCUT2D eigenvalue weighted by atomic mass is 10.1. The van der Waals surface area contributed by atoms with Crippen LogP contribution in [0, 0.1) is 0 Å². The van der Waals surface area contributed by atoms with Gasteiger partial charge in [-0.2, -0.15) is 0 Å². The number of piperidine rings is 1. The van der Waals surface area contributed by atoms with Crippen molar-refractivity contribution in [2.24, 2.45) is 0 Å². The lowest BCUT2D eigenvalue weighted by Crippen LogP contribution is -2.36. The van der Waals surface area contributed by atoms with Gasteiger partial charge in [0.1, 0.15) is 0 Å². The number of likely N-dealkylation sites (tertiary alicyclic amines) is 1. The van der Waals surface area contributed by atoms with Crippen molar-refractivity contribution in [3.8, 4) is 0 Å². The number of nitrogens with one attached hydrogen (secondary N) is 2. The lowest BCUT2D eigenvalue weighted by molar-refractivity contribution is -0.117. The van der Waals surface area contributed by atoms with Gasteiger partial charge in [0.15, 0.2) is 0 Å². The van der Waals surface area contributed by atoms with Crippen LogP contribution in [0.3, 0.4) is 0 Å². The monoisotopic (exact) mass is 275 g/mol. The third kappa shape index (κ3) is 4.66. The van der Waals surface area contributed by atoms with Crippen LogP contribution in [0.1, 0.15) is 26.2 Å². The van der Waals surface area contributed by atoms with Crippen molar-refractivity contribution >= 4 is 23.2 Å². The smallest absolute Gasteiger partial charge is 0.238 e. The second kappa shape index (κ2) is 7.05. The first kappa shape index (κ1) is 14.5. The average molecular weight is 275 g/mol. The molecule has 1 aliphatic rings. The largest absolute Gasteiger partial charge is 0.326 e. The minimum Gasteiger partial charge on any atom is -0.326 e. The number of hydrogen-bond donors (Lipinski definition) is 2. The predicted octanol–water partition coefficient (Wildman–Crippen LogP) is 2.07. The number of anilines is 2. The third-order valence-electron chi connectivity index (χ3n) is 3.30. The van der Waals surface area contributed by atoms with Crippen molar-refractivity contribution in [3.05, 3.63) is 24.3 Å². The SMILES string of the molecule is CC(=O)Nc1ccc(NC(=O)CN2CCCCC2)cc1. The molecule has 1 fully saturated rings. The van der Waals surface area contributed by atoms with Gasteiger partial charge in [0.2, 0.25) is 11.8 Å². The molecule has 1 aliphatic heterocycles. The van der Waals surface area contributed by atoms with E-state index < -0.39 is 0 Å². The first-order valence-corrected chi connectivity index (χ1v) is 7.03. The second-order valence-corrected chi connectivity index (χ2v) is 5.14. The number of benzene rings is 1. The molecular formula is C15H21N3O2. The summed E-state index contributed by atoms with van der Waals surface area (Å²) in [7, 11) is 0. The second-order valence-electron chi connectivity index (χ2n) is 5.14. The molecule has 0 radical (unpaired) electrons. The van der Waals surface area contributed by atoms with Crippen molar-refractivity contribution in [1.82, 2.24) is 4.90 Å². The van der Waals surface area contributed by atoms with E-state index in [0.29, 0.717) is 6.54 Å². The van der Waals surface area contributed by atoms with Gasteiger partial charge in [-0.05, 0) is 50.2 Å². The maximum atomic E-state index is 11.9. The van der Waals surface area contributed by atoms with Gasteiger partial charge in [0, 0.05) is 18.3 Å². The number of amides is 2. The molecular weight excluding hydrogens is 254 g/mol. The normalized spacial score (nSPS) is 15.7. The van der Waals surface area contributed by atoms with E-state index in [-0.39, 0.29) is 11.8 Å². The Morgan fingerprint density at radius 1 is 1.00 bits per heavy atom. The van der Waals surface area contributed by atoms with Crippen LogP contribution in [0.15, 0.2) is 24.3 Å². The summed E-state index contributed by atoms with van der Waals surface area (Å²) in [6.07, 6.45) is 3.63. The minimum atomic E-state index is -0.105. The summed E-state index contributed by atoms with van der Waals surface area (Å²) in [6, 6.07) is 7.13. The Balaban J connectivity index is 1.82. The zero-order valence-corrected chi connectivity index (χ0v) is 11.8. The highest BCUT2D eigenvalue weighted by molar-refractivity contribution is 5.93. The number of rotatable bonds is 4. The molecule has 1 aromatic rings. The molecule has 1 aromatic carbocycles.